The van der Waals surface area contributed by atoms with E-state index < -0.39 is 0 Å². The van der Waals surface area contributed by atoms with Crippen LogP contribution in [0.25, 0.3) is 10.9 Å². The zero-order chi connectivity index (χ0) is 9.97. The molecule has 0 radical (unpaired) electrons. The molecule has 2 rings (SSSR count). The van der Waals surface area contributed by atoms with Crippen molar-refractivity contribution >= 4 is 10.9 Å². The van der Waals surface area contributed by atoms with Crippen LogP contribution in [0.3, 0.4) is 0 Å². The lowest BCUT2D eigenvalue weighted by Gasteiger charge is -2.02. The number of rotatable bonds is 3. The van der Waals surface area contributed by atoms with E-state index in [9.17, 15) is 0 Å². The Morgan fingerprint density at radius 2 is 2.14 bits per heavy atom. The van der Waals surface area contributed by atoms with Gasteiger partial charge in [0.15, 0.2) is 0 Å². The highest BCUT2D eigenvalue weighted by Crippen LogP contribution is 2.19. The van der Waals surface area contributed by atoms with Gasteiger partial charge in [-0.2, -0.15) is 5.10 Å². The van der Waals surface area contributed by atoms with Crippen LogP contribution in [0.15, 0.2) is 24.4 Å². The predicted octanol–water partition coefficient (Wildman–Crippen LogP) is 3.01. The minimum atomic E-state index is 0.944. The number of hydrogen-bond acceptors (Lipinski definition) is 1. The van der Waals surface area contributed by atoms with Gasteiger partial charge in [-0.3, -0.25) is 4.68 Å². The first-order valence-corrected chi connectivity index (χ1v) is 5.30. The Balaban J connectivity index is 2.58. The van der Waals surface area contributed by atoms with Crippen LogP contribution < -0.4 is 0 Å². The van der Waals surface area contributed by atoms with Gasteiger partial charge in [0.25, 0.3) is 0 Å². The second-order valence-electron chi connectivity index (χ2n) is 3.56. The summed E-state index contributed by atoms with van der Waals surface area (Å²) in [6.45, 7) is 5.28. The number of aromatic nitrogens is 2. The van der Waals surface area contributed by atoms with Gasteiger partial charge in [0, 0.05) is 11.9 Å². The molecule has 1 aromatic carbocycles. The van der Waals surface area contributed by atoms with E-state index >= 15 is 0 Å². The summed E-state index contributed by atoms with van der Waals surface area (Å²) in [5.41, 5.74) is 2.68. The third kappa shape index (κ3) is 1.41. The van der Waals surface area contributed by atoms with E-state index in [0.717, 1.165) is 13.0 Å². The molecule has 1 heterocycles. The Morgan fingerprint density at radius 3 is 2.86 bits per heavy atom. The Labute approximate surface area is 84.5 Å². The third-order valence-electron chi connectivity index (χ3n) is 2.60. The summed E-state index contributed by atoms with van der Waals surface area (Å²) >= 11 is 0. The average molecular weight is 188 g/mol. The molecule has 0 bridgehead atoms. The molecule has 0 atom stereocenters. The van der Waals surface area contributed by atoms with Crippen molar-refractivity contribution in [2.45, 2.75) is 33.2 Å². The van der Waals surface area contributed by atoms with E-state index in [-0.39, 0.29) is 0 Å². The van der Waals surface area contributed by atoms with Crippen molar-refractivity contribution in [1.82, 2.24) is 9.78 Å². The first-order valence-electron chi connectivity index (χ1n) is 5.30. The minimum Gasteiger partial charge on any atom is -0.265 e. The molecule has 2 aromatic rings. The molecular formula is C12H16N2. The van der Waals surface area contributed by atoms with E-state index in [0.29, 0.717) is 0 Å². The van der Waals surface area contributed by atoms with Crippen molar-refractivity contribution in [1.29, 1.82) is 0 Å². The molecule has 0 saturated heterocycles. The van der Waals surface area contributed by atoms with Crippen molar-refractivity contribution in [3.63, 3.8) is 0 Å². The molecule has 0 saturated carbocycles. The largest absolute Gasteiger partial charge is 0.265 e. The number of aryl methyl sites for hydroxylation is 2. The zero-order valence-corrected chi connectivity index (χ0v) is 8.83. The Bertz CT molecular complexity index is 429. The van der Waals surface area contributed by atoms with Crippen molar-refractivity contribution < 1.29 is 0 Å². The quantitative estimate of drug-likeness (QED) is 0.724. The maximum Gasteiger partial charge on any atom is 0.0685 e. The van der Waals surface area contributed by atoms with Crippen LogP contribution in [-0.2, 0) is 13.0 Å². The number of hydrogen-bond donors (Lipinski definition) is 0. The lowest BCUT2D eigenvalue weighted by atomic mass is 10.1. The van der Waals surface area contributed by atoms with Gasteiger partial charge < -0.3 is 0 Å². The topological polar surface area (TPSA) is 17.8 Å². The minimum absolute atomic E-state index is 0.944. The van der Waals surface area contributed by atoms with Crippen LogP contribution in [-0.4, -0.2) is 9.78 Å². The highest BCUT2D eigenvalue weighted by molar-refractivity contribution is 5.82. The first-order chi connectivity index (χ1) is 6.86. The summed E-state index contributed by atoms with van der Waals surface area (Å²) in [7, 11) is 0. The fraction of sp³-hybridized carbons (Fsp3) is 0.417. The van der Waals surface area contributed by atoms with Gasteiger partial charge in [0.2, 0.25) is 0 Å². The van der Waals surface area contributed by atoms with Crippen LogP contribution in [0, 0.1) is 0 Å². The predicted molar refractivity (Wildman–Crippen MR) is 59.4 cm³/mol. The van der Waals surface area contributed by atoms with Crippen LogP contribution >= 0.6 is 0 Å². The van der Waals surface area contributed by atoms with Crippen LogP contribution in [0.2, 0.25) is 0 Å². The molecular weight excluding hydrogens is 172 g/mol. The van der Waals surface area contributed by atoms with Crippen LogP contribution in [0.4, 0.5) is 0 Å². The smallest absolute Gasteiger partial charge is 0.0685 e. The fourth-order valence-corrected chi connectivity index (χ4v) is 1.90. The van der Waals surface area contributed by atoms with Gasteiger partial charge in [-0.15, -0.1) is 0 Å². The molecule has 2 heteroatoms. The van der Waals surface area contributed by atoms with Crippen molar-refractivity contribution in [2.24, 2.45) is 0 Å². The fourth-order valence-electron chi connectivity index (χ4n) is 1.90. The molecule has 0 unspecified atom stereocenters. The van der Waals surface area contributed by atoms with E-state index in [2.05, 4.69) is 41.8 Å². The second kappa shape index (κ2) is 3.82. The molecule has 0 aliphatic heterocycles. The zero-order valence-electron chi connectivity index (χ0n) is 8.83. The van der Waals surface area contributed by atoms with Crippen molar-refractivity contribution in [3.8, 4) is 0 Å². The lowest BCUT2D eigenvalue weighted by Crippen LogP contribution is -1.95. The summed E-state index contributed by atoms with van der Waals surface area (Å²) < 4.78 is 2.05. The normalized spacial score (nSPS) is 11.0. The molecule has 74 valence electrons. The molecule has 14 heavy (non-hydrogen) atoms. The summed E-state index contributed by atoms with van der Waals surface area (Å²) in [5.74, 6) is 0. The molecule has 0 N–H and O–H groups in total. The maximum atomic E-state index is 4.37. The molecule has 0 amide bonds. The first kappa shape index (κ1) is 9.25. The van der Waals surface area contributed by atoms with E-state index in [1.807, 2.05) is 6.20 Å². The highest BCUT2D eigenvalue weighted by Gasteiger charge is 2.04. The summed E-state index contributed by atoms with van der Waals surface area (Å²) in [6.07, 6.45) is 4.33. The molecule has 1 aromatic heterocycles. The standard InChI is InChI=1S/C12H16N2/c1-3-6-10-7-5-8-12-11(10)9-13-14(12)4-2/h5,7-9H,3-4,6H2,1-2H3. The van der Waals surface area contributed by atoms with Gasteiger partial charge in [-0.05, 0) is 25.0 Å². The van der Waals surface area contributed by atoms with Gasteiger partial charge in [0.05, 0.1) is 11.7 Å². The van der Waals surface area contributed by atoms with Gasteiger partial charge >= 0.3 is 0 Å². The Morgan fingerprint density at radius 1 is 1.29 bits per heavy atom. The third-order valence-corrected chi connectivity index (χ3v) is 2.60. The highest BCUT2D eigenvalue weighted by atomic mass is 15.3. The molecule has 0 aliphatic rings. The summed E-state index contributed by atoms with van der Waals surface area (Å²) in [4.78, 5) is 0. The Hall–Kier alpha value is -1.31. The van der Waals surface area contributed by atoms with Crippen LogP contribution in [0.5, 0.6) is 0 Å². The van der Waals surface area contributed by atoms with Crippen molar-refractivity contribution in [3.05, 3.63) is 30.0 Å². The maximum absolute atomic E-state index is 4.37. The molecule has 2 nitrogen and oxygen atoms in total. The van der Waals surface area contributed by atoms with Gasteiger partial charge in [-0.25, -0.2) is 0 Å². The Kier molecular flexibility index (Phi) is 2.53. The number of fused-ring (bicyclic) bond motifs is 1. The summed E-state index contributed by atoms with van der Waals surface area (Å²) in [6, 6.07) is 6.47. The van der Waals surface area contributed by atoms with E-state index in [1.165, 1.54) is 22.9 Å². The monoisotopic (exact) mass is 188 g/mol. The summed E-state index contributed by atoms with van der Waals surface area (Å²) in [5, 5.41) is 5.69. The molecule has 0 spiro atoms. The SMILES string of the molecule is CCCc1cccc2c1cnn2CC. The van der Waals surface area contributed by atoms with E-state index in [4.69, 9.17) is 0 Å². The van der Waals surface area contributed by atoms with Gasteiger partial charge in [-0.1, -0.05) is 25.5 Å². The molecule has 0 fully saturated rings. The lowest BCUT2D eigenvalue weighted by molar-refractivity contribution is 0.684. The van der Waals surface area contributed by atoms with Crippen LogP contribution in [0.1, 0.15) is 25.8 Å². The second-order valence-corrected chi connectivity index (χ2v) is 3.56. The van der Waals surface area contributed by atoms with Gasteiger partial charge in [0.1, 0.15) is 0 Å². The van der Waals surface area contributed by atoms with E-state index in [1.54, 1.807) is 0 Å². The molecule has 0 aliphatic carbocycles. The number of benzene rings is 1. The van der Waals surface area contributed by atoms with Crippen molar-refractivity contribution in [2.75, 3.05) is 0 Å². The number of nitrogens with zero attached hydrogens (tertiary/aromatic N) is 2. The average Bonchev–Trinajstić information content (AvgIpc) is 2.62.